The molecule has 1 heterocycles. The molecule has 1 saturated heterocycles. The minimum Gasteiger partial charge on any atom is -0.376 e. The van der Waals surface area contributed by atoms with Crippen molar-refractivity contribution in [3.63, 3.8) is 0 Å². The summed E-state index contributed by atoms with van der Waals surface area (Å²) in [5, 5.41) is 9.60. The van der Waals surface area contributed by atoms with Crippen LogP contribution in [0.5, 0.6) is 0 Å². The predicted octanol–water partition coefficient (Wildman–Crippen LogP) is 5.40. The molecule has 7 nitrogen and oxygen atoms in total. The van der Waals surface area contributed by atoms with Gasteiger partial charge in [-0.1, -0.05) is 47.5 Å². The molecule has 1 aliphatic rings. The smallest absolute Gasteiger partial charge is 0.322 e. The van der Waals surface area contributed by atoms with Crippen LogP contribution in [0.1, 0.15) is 0 Å². The summed E-state index contributed by atoms with van der Waals surface area (Å²) in [6.45, 7) is 2.71. The number of halogens is 2. The Morgan fingerprint density at radius 1 is 0.735 bits per heavy atom. The fourth-order valence-electron chi connectivity index (χ4n) is 3.67. The Hall–Kier alpha value is -3.42. The van der Waals surface area contributed by atoms with E-state index in [-0.39, 0.29) is 18.5 Å². The van der Waals surface area contributed by atoms with Crippen molar-refractivity contribution in [2.24, 2.45) is 0 Å². The molecule has 1 fully saturated rings. The first-order chi connectivity index (χ1) is 16.5. The average molecular weight is 498 g/mol. The van der Waals surface area contributed by atoms with E-state index in [0.717, 1.165) is 17.1 Å². The second-order valence-electron chi connectivity index (χ2n) is 7.82. The number of hydrogen-bond acceptors (Lipinski definition) is 4. The third kappa shape index (κ3) is 6.12. The zero-order valence-electron chi connectivity index (χ0n) is 18.4. The van der Waals surface area contributed by atoms with Crippen molar-refractivity contribution in [2.45, 2.75) is 0 Å². The predicted molar refractivity (Wildman–Crippen MR) is 139 cm³/mol. The van der Waals surface area contributed by atoms with Crippen LogP contribution >= 0.6 is 23.2 Å². The van der Waals surface area contributed by atoms with Gasteiger partial charge in [-0.2, -0.15) is 0 Å². The summed E-state index contributed by atoms with van der Waals surface area (Å²) in [5.41, 5.74) is 3.10. The number of amides is 3. The summed E-state index contributed by atoms with van der Waals surface area (Å²) in [6.07, 6.45) is 0. The van der Waals surface area contributed by atoms with E-state index in [9.17, 15) is 9.59 Å². The van der Waals surface area contributed by atoms with E-state index in [2.05, 4.69) is 20.9 Å². The van der Waals surface area contributed by atoms with Gasteiger partial charge in [-0.05, 0) is 48.5 Å². The molecule has 3 N–H and O–H groups in total. The molecule has 0 aliphatic carbocycles. The van der Waals surface area contributed by atoms with Gasteiger partial charge in [0.2, 0.25) is 5.91 Å². The summed E-state index contributed by atoms with van der Waals surface area (Å²) in [5.74, 6) is -0.116. The minimum atomic E-state index is -0.225. The van der Waals surface area contributed by atoms with E-state index in [1.165, 1.54) is 0 Å². The van der Waals surface area contributed by atoms with Crippen LogP contribution in [-0.2, 0) is 4.79 Å². The van der Waals surface area contributed by atoms with Crippen LogP contribution in [0.25, 0.3) is 0 Å². The zero-order valence-corrected chi connectivity index (χ0v) is 19.9. The summed E-state index contributed by atoms with van der Waals surface area (Å²) >= 11 is 12.3. The number of anilines is 4. The van der Waals surface area contributed by atoms with Gasteiger partial charge < -0.3 is 25.8 Å². The standard InChI is InChI=1S/C25H25Cl2N5O2/c26-21-7-4-8-22(27)24(21)30-25(34)32-15-13-31(14-16-32)20-11-9-19(10-12-20)29-23(33)17-28-18-5-2-1-3-6-18/h1-12,28H,13-17H2,(H,29,33)(H,30,34). The van der Waals surface area contributed by atoms with Crippen LogP contribution in [-0.4, -0.2) is 49.6 Å². The maximum atomic E-state index is 12.6. The highest BCUT2D eigenvalue weighted by molar-refractivity contribution is 6.39. The number of nitrogens with one attached hydrogen (secondary N) is 3. The Morgan fingerprint density at radius 3 is 2.03 bits per heavy atom. The molecular weight excluding hydrogens is 473 g/mol. The normalized spacial score (nSPS) is 13.4. The summed E-state index contributed by atoms with van der Waals surface area (Å²) in [6, 6.07) is 22.2. The summed E-state index contributed by atoms with van der Waals surface area (Å²) in [4.78, 5) is 28.8. The SMILES string of the molecule is O=C(CNc1ccccc1)Nc1ccc(N2CCN(C(=O)Nc3c(Cl)cccc3Cl)CC2)cc1. The van der Waals surface area contributed by atoms with E-state index in [1.54, 1.807) is 23.1 Å². The number of piperazine rings is 1. The molecule has 3 aromatic rings. The van der Waals surface area contributed by atoms with Gasteiger partial charge in [-0.15, -0.1) is 0 Å². The Morgan fingerprint density at radius 2 is 1.38 bits per heavy atom. The first kappa shape index (κ1) is 23.7. The van der Waals surface area contributed by atoms with E-state index >= 15 is 0 Å². The first-order valence-corrected chi connectivity index (χ1v) is 11.7. The number of nitrogens with zero attached hydrogens (tertiary/aromatic N) is 2. The highest BCUT2D eigenvalue weighted by Crippen LogP contribution is 2.30. The lowest BCUT2D eigenvalue weighted by atomic mass is 10.2. The molecule has 0 bridgehead atoms. The number of benzene rings is 3. The number of rotatable bonds is 6. The Bertz CT molecular complexity index is 1110. The van der Waals surface area contributed by atoms with Crippen molar-refractivity contribution in [1.29, 1.82) is 0 Å². The van der Waals surface area contributed by atoms with Crippen molar-refractivity contribution in [1.82, 2.24) is 4.90 Å². The van der Waals surface area contributed by atoms with Crippen molar-refractivity contribution in [2.75, 3.05) is 53.6 Å². The van der Waals surface area contributed by atoms with Gasteiger partial charge in [0.1, 0.15) is 0 Å². The van der Waals surface area contributed by atoms with E-state index in [4.69, 9.17) is 23.2 Å². The number of urea groups is 1. The lowest BCUT2D eigenvalue weighted by molar-refractivity contribution is -0.114. The Balaban J connectivity index is 1.25. The molecule has 0 atom stereocenters. The van der Waals surface area contributed by atoms with Crippen molar-refractivity contribution < 1.29 is 9.59 Å². The van der Waals surface area contributed by atoms with Crippen molar-refractivity contribution >= 4 is 57.9 Å². The fraction of sp³-hybridized carbons (Fsp3) is 0.200. The maximum Gasteiger partial charge on any atom is 0.322 e. The highest BCUT2D eigenvalue weighted by atomic mass is 35.5. The van der Waals surface area contributed by atoms with E-state index < -0.39 is 0 Å². The van der Waals surface area contributed by atoms with Gasteiger partial charge >= 0.3 is 6.03 Å². The number of hydrogen-bond donors (Lipinski definition) is 3. The van der Waals surface area contributed by atoms with Crippen LogP contribution in [0.2, 0.25) is 10.0 Å². The summed E-state index contributed by atoms with van der Waals surface area (Å²) in [7, 11) is 0. The highest BCUT2D eigenvalue weighted by Gasteiger charge is 2.22. The van der Waals surface area contributed by atoms with Crippen LogP contribution in [0.3, 0.4) is 0 Å². The molecule has 0 spiro atoms. The minimum absolute atomic E-state index is 0.116. The molecule has 1 aliphatic heterocycles. The van der Waals surface area contributed by atoms with Gasteiger partial charge in [-0.3, -0.25) is 4.79 Å². The van der Waals surface area contributed by atoms with E-state index in [0.29, 0.717) is 41.9 Å². The second kappa shape index (κ2) is 11.1. The van der Waals surface area contributed by atoms with Gasteiger partial charge in [0, 0.05) is 43.2 Å². The molecule has 34 heavy (non-hydrogen) atoms. The van der Waals surface area contributed by atoms with Crippen LogP contribution in [0.15, 0.2) is 72.8 Å². The third-order valence-corrected chi connectivity index (χ3v) is 6.13. The summed E-state index contributed by atoms with van der Waals surface area (Å²) < 4.78 is 0. The largest absolute Gasteiger partial charge is 0.376 e. The Kier molecular flexibility index (Phi) is 7.77. The number of carbonyl (C=O) groups excluding carboxylic acids is 2. The lowest BCUT2D eigenvalue weighted by Gasteiger charge is -2.36. The van der Waals surface area contributed by atoms with Crippen LogP contribution in [0, 0.1) is 0 Å². The molecule has 4 rings (SSSR count). The molecule has 0 aromatic heterocycles. The molecule has 176 valence electrons. The monoisotopic (exact) mass is 497 g/mol. The van der Waals surface area contributed by atoms with Gasteiger partial charge in [0.05, 0.1) is 22.3 Å². The molecule has 0 saturated carbocycles. The molecular formula is C25H25Cl2N5O2. The second-order valence-corrected chi connectivity index (χ2v) is 8.63. The molecule has 0 unspecified atom stereocenters. The van der Waals surface area contributed by atoms with Gasteiger partial charge in [-0.25, -0.2) is 4.79 Å². The molecule has 3 amide bonds. The lowest BCUT2D eigenvalue weighted by Crippen LogP contribution is -2.50. The topological polar surface area (TPSA) is 76.7 Å². The molecule has 0 radical (unpaired) electrons. The van der Waals surface area contributed by atoms with E-state index in [1.807, 2.05) is 54.6 Å². The first-order valence-electron chi connectivity index (χ1n) is 10.9. The van der Waals surface area contributed by atoms with Crippen molar-refractivity contribution in [3.8, 4) is 0 Å². The van der Waals surface area contributed by atoms with Crippen LogP contribution < -0.4 is 20.9 Å². The molecule has 3 aromatic carbocycles. The number of para-hydroxylation sites is 2. The maximum absolute atomic E-state index is 12.6. The van der Waals surface area contributed by atoms with Gasteiger partial charge in [0.15, 0.2) is 0 Å². The Labute approximate surface area is 208 Å². The average Bonchev–Trinajstić information content (AvgIpc) is 2.86. The molecule has 9 heteroatoms. The van der Waals surface area contributed by atoms with Gasteiger partial charge in [0.25, 0.3) is 0 Å². The van der Waals surface area contributed by atoms with Crippen molar-refractivity contribution in [3.05, 3.63) is 82.8 Å². The van der Waals surface area contributed by atoms with Crippen LogP contribution in [0.4, 0.5) is 27.5 Å². The fourth-order valence-corrected chi connectivity index (χ4v) is 4.16. The third-order valence-electron chi connectivity index (χ3n) is 5.50. The number of carbonyl (C=O) groups is 2. The zero-order chi connectivity index (χ0) is 23.9. The quantitative estimate of drug-likeness (QED) is 0.426.